The van der Waals surface area contributed by atoms with E-state index >= 15 is 0 Å². The maximum absolute atomic E-state index is 13.9. The SMILES string of the molecule is C[C@H](OC(=O)NCc1cc(C(F)(F)F)ccc1F)C(=O)NC1C(=O)Nc2ccccc2-c2ccccc21. The molecule has 0 saturated heterocycles. The van der Waals surface area contributed by atoms with Crippen LogP contribution in [0.5, 0.6) is 0 Å². The van der Waals surface area contributed by atoms with Gasteiger partial charge in [-0.1, -0.05) is 42.5 Å². The van der Waals surface area contributed by atoms with Gasteiger partial charge in [0.15, 0.2) is 6.10 Å². The standard InChI is InChI=1S/C26H21F4N3O4/c1-14(37-25(36)31-13-15-12-16(26(28,29)30)10-11-20(15)27)23(34)33-22-19-8-3-2-6-17(19)18-7-4-5-9-21(18)32-24(22)35/h2-12,14,22H,13H2,1H3,(H,31,36)(H,32,35)(H,33,34)/t14-,22?/m0/s1. The topological polar surface area (TPSA) is 96.5 Å². The highest BCUT2D eigenvalue weighted by Crippen LogP contribution is 2.37. The molecule has 192 valence electrons. The van der Waals surface area contributed by atoms with Crippen molar-refractivity contribution >= 4 is 23.6 Å². The maximum Gasteiger partial charge on any atom is 0.416 e. The molecular weight excluding hydrogens is 494 g/mol. The lowest BCUT2D eigenvalue weighted by atomic mass is 9.95. The average molecular weight is 515 g/mol. The Bertz CT molecular complexity index is 1360. The average Bonchev–Trinajstić information content (AvgIpc) is 2.97. The van der Waals surface area contributed by atoms with Crippen LogP contribution in [0.3, 0.4) is 0 Å². The van der Waals surface area contributed by atoms with E-state index in [0.717, 1.165) is 11.1 Å². The number of hydrogen-bond acceptors (Lipinski definition) is 4. The van der Waals surface area contributed by atoms with Crippen LogP contribution in [0.1, 0.15) is 29.7 Å². The molecule has 0 fully saturated rings. The van der Waals surface area contributed by atoms with Crippen molar-refractivity contribution in [1.82, 2.24) is 10.6 Å². The first kappa shape index (κ1) is 25.7. The summed E-state index contributed by atoms with van der Waals surface area (Å²) in [5.41, 5.74) is 1.13. The van der Waals surface area contributed by atoms with Gasteiger partial charge in [0.25, 0.3) is 11.8 Å². The number of alkyl halides is 3. The highest BCUT2D eigenvalue weighted by atomic mass is 19.4. The minimum Gasteiger partial charge on any atom is -0.436 e. The molecule has 11 heteroatoms. The van der Waals surface area contributed by atoms with Gasteiger partial charge in [0.05, 0.1) is 5.56 Å². The zero-order valence-corrected chi connectivity index (χ0v) is 19.4. The number of anilines is 1. The van der Waals surface area contributed by atoms with E-state index in [0.29, 0.717) is 29.4 Å². The van der Waals surface area contributed by atoms with Gasteiger partial charge in [-0.3, -0.25) is 9.59 Å². The molecule has 1 aliphatic rings. The molecule has 37 heavy (non-hydrogen) atoms. The van der Waals surface area contributed by atoms with E-state index in [1.807, 2.05) is 18.2 Å². The highest BCUT2D eigenvalue weighted by molar-refractivity contribution is 6.04. The molecule has 4 rings (SSSR count). The lowest BCUT2D eigenvalue weighted by Crippen LogP contribution is -2.43. The van der Waals surface area contributed by atoms with Crippen LogP contribution in [0.2, 0.25) is 0 Å². The van der Waals surface area contributed by atoms with E-state index in [1.165, 1.54) is 6.92 Å². The number of halogens is 4. The Hall–Kier alpha value is -4.41. The lowest BCUT2D eigenvalue weighted by molar-refractivity contribution is -0.137. The van der Waals surface area contributed by atoms with Crippen molar-refractivity contribution in [2.45, 2.75) is 31.8 Å². The van der Waals surface area contributed by atoms with Crippen molar-refractivity contribution in [3.63, 3.8) is 0 Å². The van der Waals surface area contributed by atoms with Crippen LogP contribution >= 0.6 is 0 Å². The normalized spacial score (nSPS) is 15.4. The smallest absolute Gasteiger partial charge is 0.416 e. The number of hydrogen-bond donors (Lipinski definition) is 3. The summed E-state index contributed by atoms with van der Waals surface area (Å²) < 4.78 is 57.5. The number of para-hydroxylation sites is 1. The fraction of sp³-hybridized carbons (Fsp3) is 0.192. The molecule has 0 bridgehead atoms. The summed E-state index contributed by atoms with van der Waals surface area (Å²) >= 11 is 0. The van der Waals surface area contributed by atoms with Gasteiger partial charge in [0.2, 0.25) is 0 Å². The fourth-order valence-electron chi connectivity index (χ4n) is 3.88. The maximum atomic E-state index is 13.9. The zero-order valence-electron chi connectivity index (χ0n) is 19.4. The molecule has 2 atom stereocenters. The minimum absolute atomic E-state index is 0.407. The van der Waals surface area contributed by atoms with Gasteiger partial charge in [0, 0.05) is 23.4 Å². The van der Waals surface area contributed by atoms with Crippen LogP contribution in [0.25, 0.3) is 11.1 Å². The Morgan fingerprint density at radius 2 is 1.70 bits per heavy atom. The Morgan fingerprint density at radius 3 is 2.43 bits per heavy atom. The van der Waals surface area contributed by atoms with E-state index in [-0.39, 0.29) is 0 Å². The van der Waals surface area contributed by atoms with E-state index in [2.05, 4.69) is 16.0 Å². The number of ether oxygens (including phenoxy) is 1. The monoisotopic (exact) mass is 515 g/mol. The molecule has 1 heterocycles. The van der Waals surface area contributed by atoms with Gasteiger partial charge in [-0.2, -0.15) is 13.2 Å². The van der Waals surface area contributed by atoms with Crippen LogP contribution < -0.4 is 16.0 Å². The Balaban J connectivity index is 1.41. The largest absolute Gasteiger partial charge is 0.436 e. The van der Waals surface area contributed by atoms with Crippen molar-refractivity contribution in [2.75, 3.05) is 5.32 Å². The Kier molecular flexibility index (Phi) is 7.14. The summed E-state index contributed by atoms with van der Waals surface area (Å²) in [7, 11) is 0. The molecule has 0 saturated carbocycles. The first-order valence-electron chi connectivity index (χ1n) is 11.1. The number of amides is 3. The molecule has 1 aliphatic heterocycles. The molecule has 3 aromatic carbocycles. The first-order valence-corrected chi connectivity index (χ1v) is 11.1. The minimum atomic E-state index is -4.68. The second kappa shape index (κ2) is 10.3. The van der Waals surface area contributed by atoms with Crippen molar-refractivity contribution in [1.29, 1.82) is 0 Å². The van der Waals surface area contributed by atoms with Gasteiger partial charge in [-0.25, -0.2) is 9.18 Å². The van der Waals surface area contributed by atoms with Crippen molar-refractivity contribution in [3.8, 4) is 11.1 Å². The molecule has 1 unspecified atom stereocenters. The summed E-state index contributed by atoms with van der Waals surface area (Å²) in [6, 6.07) is 14.9. The Labute approximate surface area is 208 Å². The number of rotatable bonds is 5. The van der Waals surface area contributed by atoms with E-state index in [1.54, 1.807) is 30.3 Å². The van der Waals surface area contributed by atoms with E-state index in [4.69, 9.17) is 4.74 Å². The number of carbonyl (C=O) groups is 3. The number of carbonyl (C=O) groups excluding carboxylic acids is 3. The van der Waals surface area contributed by atoms with Gasteiger partial charge in [0.1, 0.15) is 11.9 Å². The molecule has 3 aromatic rings. The van der Waals surface area contributed by atoms with E-state index < -0.39 is 59.7 Å². The lowest BCUT2D eigenvalue weighted by Gasteiger charge is -2.21. The molecule has 0 aromatic heterocycles. The molecule has 0 aliphatic carbocycles. The van der Waals surface area contributed by atoms with Gasteiger partial charge in [-0.05, 0) is 42.3 Å². The predicted molar refractivity (Wildman–Crippen MR) is 126 cm³/mol. The third-order valence-electron chi connectivity index (χ3n) is 5.74. The summed E-state index contributed by atoms with van der Waals surface area (Å²) in [4.78, 5) is 37.9. The number of nitrogens with one attached hydrogen (secondary N) is 3. The third kappa shape index (κ3) is 5.71. The molecule has 0 spiro atoms. The Morgan fingerprint density at radius 1 is 1.03 bits per heavy atom. The summed E-state index contributed by atoms with van der Waals surface area (Å²) in [6.07, 6.45) is -7.21. The fourth-order valence-corrected chi connectivity index (χ4v) is 3.88. The second-order valence-electron chi connectivity index (χ2n) is 8.27. The van der Waals surface area contributed by atoms with Gasteiger partial charge in [-0.15, -0.1) is 0 Å². The van der Waals surface area contributed by atoms with Crippen molar-refractivity contribution in [2.24, 2.45) is 0 Å². The quantitative estimate of drug-likeness (QED) is 0.420. The molecule has 3 amide bonds. The van der Waals surface area contributed by atoms with Crippen LogP contribution in [-0.2, 0) is 27.0 Å². The van der Waals surface area contributed by atoms with E-state index in [9.17, 15) is 31.9 Å². The number of benzene rings is 3. The zero-order chi connectivity index (χ0) is 26.7. The highest BCUT2D eigenvalue weighted by Gasteiger charge is 2.32. The van der Waals surface area contributed by atoms with Crippen LogP contribution in [0.4, 0.5) is 28.0 Å². The molecule has 7 nitrogen and oxygen atoms in total. The van der Waals surface area contributed by atoms with Crippen LogP contribution in [0, 0.1) is 5.82 Å². The third-order valence-corrected chi connectivity index (χ3v) is 5.74. The van der Waals surface area contributed by atoms with Crippen molar-refractivity contribution in [3.05, 3.63) is 89.2 Å². The predicted octanol–water partition coefficient (Wildman–Crippen LogP) is 4.94. The second-order valence-corrected chi connectivity index (χ2v) is 8.27. The summed E-state index contributed by atoms with van der Waals surface area (Å²) in [5.74, 6) is -2.23. The molecular formula is C26H21F4N3O4. The van der Waals surface area contributed by atoms with Crippen molar-refractivity contribution < 1.29 is 36.7 Å². The van der Waals surface area contributed by atoms with Crippen LogP contribution in [0.15, 0.2) is 66.7 Å². The van der Waals surface area contributed by atoms with Gasteiger partial charge >= 0.3 is 12.3 Å². The number of fused-ring (bicyclic) bond motifs is 3. The van der Waals surface area contributed by atoms with Gasteiger partial charge < -0.3 is 20.7 Å². The number of alkyl carbamates (subject to hydrolysis) is 1. The first-order chi connectivity index (χ1) is 17.5. The summed E-state index contributed by atoms with van der Waals surface area (Å²) in [5, 5.41) is 7.47. The van der Waals surface area contributed by atoms with Crippen LogP contribution in [-0.4, -0.2) is 24.0 Å². The molecule has 3 N–H and O–H groups in total. The molecule has 0 radical (unpaired) electrons. The summed E-state index contributed by atoms with van der Waals surface area (Å²) in [6.45, 7) is 0.661.